The zero-order valence-corrected chi connectivity index (χ0v) is 25.5. The van der Waals surface area contributed by atoms with Crippen LogP contribution in [0.15, 0.2) is 48.5 Å². The second-order valence-corrected chi connectivity index (χ2v) is 12.3. The van der Waals surface area contributed by atoms with Gasteiger partial charge in [0.2, 0.25) is 11.8 Å². The molecular weight excluding hydrogens is 506 g/mol. The highest BCUT2D eigenvalue weighted by atomic mass is 16.6. The van der Waals surface area contributed by atoms with Crippen LogP contribution in [0.25, 0.3) is 0 Å². The minimum Gasteiger partial charge on any atom is -0.507 e. The molecule has 8 heteroatoms. The zero-order chi connectivity index (χ0) is 30.3. The number of para-hydroxylation sites is 1. The van der Waals surface area contributed by atoms with Crippen molar-refractivity contribution in [2.45, 2.75) is 105 Å². The summed E-state index contributed by atoms with van der Waals surface area (Å²) in [5.74, 6) is -0.840. The van der Waals surface area contributed by atoms with Crippen molar-refractivity contribution in [2.75, 3.05) is 0 Å². The van der Waals surface area contributed by atoms with Crippen molar-refractivity contribution >= 4 is 17.9 Å². The molecule has 2 rings (SSSR count). The van der Waals surface area contributed by atoms with E-state index in [4.69, 9.17) is 4.74 Å². The highest BCUT2D eigenvalue weighted by molar-refractivity contribution is 5.93. The Morgan fingerprint density at radius 3 is 2.15 bits per heavy atom. The molecule has 0 saturated heterocycles. The molecular formula is C32H47N3O5. The fraction of sp³-hybridized carbons (Fsp3) is 0.531. The Hall–Kier alpha value is -3.55. The zero-order valence-electron chi connectivity index (χ0n) is 25.5. The van der Waals surface area contributed by atoms with Crippen molar-refractivity contribution in [3.63, 3.8) is 0 Å². The lowest BCUT2D eigenvalue weighted by Gasteiger charge is -2.45. The van der Waals surface area contributed by atoms with Gasteiger partial charge in [-0.3, -0.25) is 9.59 Å². The van der Waals surface area contributed by atoms with E-state index in [2.05, 4.69) is 10.6 Å². The Morgan fingerprint density at radius 2 is 1.60 bits per heavy atom. The molecule has 0 aliphatic carbocycles. The first-order valence-corrected chi connectivity index (χ1v) is 14.0. The summed E-state index contributed by atoms with van der Waals surface area (Å²) >= 11 is 0. The van der Waals surface area contributed by atoms with Gasteiger partial charge in [-0.15, -0.1) is 0 Å². The van der Waals surface area contributed by atoms with Crippen LogP contribution in [0.5, 0.6) is 5.75 Å². The van der Waals surface area contributed by atoms with Crippen molar-refractivity contribution in [1.29, 1.82) is 0 Å². The molecule has 2 aromatic carbocycles. The fourth-order valence-corrected chi connectivity index (χ4v) is 4.44. The maximum Gasteiger partial charge on any atom is 0.408 e. The summed E-state index contributed by atoms with van der Waals surface area (Å²) in [4.78, 5) is 42.8. The van der Waals surface area contributed by atoms with Crippen LogP contribution < -0.4 is 10.6 Å². The molecule has 40 heavy (non-hydrogen) atoms. The lowest BCUT2D eigenvalue weighted by molar-refractivity contribution is -0.149. The van der Waals surface area contributed by atoms with Crippen LogP contribution in [0, 0.1) is 12.8 Å². The third kappa shape index (κ3) is 9.00. The highest BCUT2D eigenvalue weighted by Crippen LogP contribution is 2.37. The number of rotatable bonds is 11. The number of carbonyl (C=O) groups is 3. The first kappa shape index (κ1) is 32.7. The van der Waals surface area contributed by atoms with Crippen molar-refractivity contribution in [3.05, 3.63) is 65.2 Å². The van der Waals surface area contributed by atoms with Gasteiger partial charge in [0.15, 0.2) is 0 Å². The minimum absolute atomic E-state index is 0.0485. The standard InChI is InChI=1S/C32H47N3O5/c1-10-32(8,9)35(29(38)25(19-21(2)3)34-30(39)40-31(5,6)7)26(24-18-14-15-22(4)27(24)36)28(37)33-20-23-16-12-11-13-17-23/h11-18,21,25-26,36H,10,19-20H2,1-9H3,(H,33,37)(H,34,39). The highest BCUT2D eigenvalue weighted by Gasteiger charge is 2.44. The normalized spacial score (nSPS) is 13.3. The molecule has 0 radical (unpaired) electrons. The number of carbonyl (C=O) groups excluding carboxylic acids is 3. The van der Waals surface area contributed by atoms with Gasteiger partial charge in [-0.25, -0.2) is 4.79 Å². The average Bonchev–Trinajstić information content (AvgIpc) is 2.86. The van der Waals surface area contributed by atoms with Crippen molar-refractivity contribution in [1.82, 2.24) is 15.5 Å². The molecule has 0 aromatic heterocycles. The topological polar surface area (TPSA) is 108 Å². The molecule has 3 N–H and O–H groups in total. The average molecular weight is 554 g/mol. The smallest absolute Gasteiger partial charge is 0.408 e. The molecule has 2 aromatic rings. The van der Waals surface area contributed by atoms with E-state index in [0.717, 1.165) is 5.56 Å². The van der Waals surface area contributed by atoms with Crippen LogP contribution in [-0.2, 0) is 20.9 Å². The Balaban J connectivity index is 2.63. The van der Waals surface area contributed by atoms with E-state index >= 15 is 0 Å². The second kappa shape index (κ2) is 13.7. The molecule has 2 unspecified atom stereocenters. The molecule has 8 nitrogen and oxygen atoms in total. The van der Waals surface area contributed by atoms with Gasteiger partial charge >= 0.3 is 6.09 Å². The van der Waals surface area contributed by atoms with E-state index in [0.29, 0.717) is 24.0 Å². The Labute approximate surface area is 239 Å². The van der Waals surface area contributed by atoms with E-state index in [-0.39, 0.29) is 18.2 Å². The molecule has 0 spiro atoms. The van der Waals surface area contributed by atoms with Gasteiger partial charge in [-0.1, -0.05) is 69.3 Å². The van der Waals surface area contributed by atoms with Gasteiger partial charge in [0, 0.05) is 17.6 Å². The number of aryl methyl sites for hydroxylation is 1. The number of hydrogen-bond donors (Lipinski definition) is 3. The van der Waals surface area contributed by atoms with Crippen LogP contribution in [0.2, 0.25) is 0 Å². The number of phenolic OH excluding ortho intramolecular Hbond substituents is 1. The fourth-order valence-electron chi connectivity index (χ4n) is 4.44. The molecule has 0 aliphatic rings. The third-order valence-corrected chi connectivity index (χ3v) is 6.83. The number of alkyl carbamates (subject to hydrolysis) is 1. The quantitative estimate of drug-likeness (QED) is 0.316. The monoisotopic (exact) mass is 553 g/mol. The number of nitrogens with zero attached hydrogens (tertiary/aromatic N) is 1. The van der Waals surface area contributed by atoms with E-state index in [1.807, 2.05) is 65.0 Å². The SMILES string of the molecule is CCC(C)(C)N(C(=O)C(CC(C)C)NC(=O)OC(C)(C)C)C(C(=O)NCc1ccccc1)c1cccc(C)c1O. The van der Waals surface area contributed by atoms with E-state index in [1.54, 1.807) is 45.9 Å². The summed E-state index contributed by atoms with van der Waals surface area (Å²) in [6.07, 6.45) is 0.158. The number of hydrogen-bond acceptors (Lipinski definition) is 5. The first-order valence-electron chi connectivity index (χ1n) is 14.0. The number of phenols is 1. The number of ether oxygens (including phenoxy) is 1. The van der Waals surface area contributed by atoms with Crippen molar-refractivity contribution in [2.24, 2.45) is 5.92 Å². The number of amides is 3. The van der Waals surface area contributed by atoms with Crippen LogP contribution in [0.3, 0.4) is 0 Å². The van der Waals surface area contributed by atoms with Crippen molar-refractivity contribution in [3.8, 4) is 5.75 Å². The maximum atomic E-state index is 14.5. The molecule has 2 atom stereocenters. The minimum atomic E-state index is -1.15. The lowest BCUT2D eigenvalue weighted by atomic mass is 9.90. The van der Waals surface area contributed by atoms with Crippen LogP contribution in [0.4, 0.5) is 4.79 Å². The predicted molar refractivity (Wildman–Crippen MR) is 158 cm³/mol. The van der Waals surface area contributed by atoms with E-state index in [1.165, 1.54) is 4.90 Å². The van der Waals surface area contributed by atoms with Gasteiger partial charge < -0.3 is 25.4 Å². The second-order valence-electron chi connectivity index (χ2n) is 12.3. The first-order chi connectivity index (χ1) is 18.6. The Morgan fingerprint density at radius 1 is 0.975 bits per heavy atom. The molecule has 3 amide bonds. The summed E-state index contributed by atoms with van der Waals surface area (Å²) in [5.41, 5.74) is 0.254. The van der Waals surface area contributed by atoms with Crippen LogP contribution >= 0.6 is 0 Å². The van der Waals surface area contributed by atoms with E-state index in [9.17, 15) is 19.5 Å². The summed E-state index contributed by atoms with van der Waals surface area (Å²) < 4.78 is 5.47. The third-order valence-electron chi connectivity index (χ3n) is 6.83. The molecule has 220 valence electrons. The number of nitrogens with one attached hydrogen (secondary N) is 2. The largest absolute Gasteiger partial charge is 0.507 e. The number of aromatic hydroxyl groups is 1. The molecule has 0 aliphatic heterocycles. The van der Waals surface area contributed by atoms with Gasteiger partial charge in [0.25, 0.3) is 0 Å². The summed E-state index contributed by atoms with van der Waals surface area (Å²) in [5, 5.41) is 16.9. The van der Waals surface area contributed by atoms with Gasteiger partial charge in [-0.05, 0) is 71.4 Å². The summed E-state index contributed by atoms with van der Waals surface area (Å²) in [6.45, 7) is 16.9. The lowest BCUT2D eigenvalue weighted by Crippen LogP contribution is -2.59. The van der Waals surface area contributed by atoms with E-state index < -0.39 is 41.1 Å². The van der Waals surface area contributed by atoms with Crippen molar-refractivity contribution < 1.29 is 24.2 Å². The van der Waals surface area contributed by atoms with Gasteiger partial charge in [0.05, 0.1) is 0 Å². The molecule has 0 saturated carbocycles. The number of benzene rings is 2. The summed E-state index contributed by atoms with van der Waals surface area (Å²) in [6, 6.07) is 12.6. The predicted octanol–water partition coefficient (Wildman–Crippen LogP) is 6.01. The maximum absolute atomic E-state index is 14.5. The Kier molecular flexibility index (Phi) is 11.2. The molecule has 0 bridgehead atoms. The Bertz CT molecular complexity index is 1150. The summed E-state index contributed by atoms with van der Waals surface area (Å²) in [7, 11) is 0. The van der Waals surface area contributed by atoms with Crippen LogP contribution in [0.1, 0.15) is 91.0 Å². The van der Waals surface area contributed by atoms with Gasteiger partial charge in [0.1, 0.15) is 23.4 Å². The van der Waals surface area contributed by atoms with Gasteiger partial charge in [-0.2, -0.15) is 0 Å². The van der Waals surface area contributed by atoms with Crippen LogP contribution in [-0.4, -0.2) is 45.1 Å². The molecule has 0 heterocycles. The molecule has 0 fully saturated rings.